The van der Waals surface area contributed by atoms with Crippen molar-refractivity contribution < 1.29 is 8.95 Å². The average Bonchev–Trinajstić information content (AvgIpc) is 3.04. The van der Waals surface area contributed by atoms with Gasteiger partial charge in [0.2, 0.25) is 0 Å². The van der Waals surface area contributed by atoms with E-state index in [0.29, 0.717) is 34.0 Å². The van der Waals surface area contributed by atoms with Gasteiger partial charge in [0.05, 0.1) is 17.1 Å². The molecule has 0 spiro atoms. The van der Waals surface area contributed by atoms with Crippen LogP contribution in [0.25, 0.3) is 11.1 Å². The van der Waals surface area contributed by atoms with Crippen molar-refractivity contribution in [2.24, 2.45) is 11.4 Å². The van der Waals surface area contributed by atoms with E-state index >= 15 is 0 Å². The third-order valence-electron chi connectivity index (χ3n) is 5.46. The summed E-state index contributed by atoms with van der Waals surface area (Å²) in [7, 11) is 2.19. The van der Waals surface area contributed by atoms with Crippen molar-refractivity contribution in [2.75, 3.05) is 19.8 Å². The van der Waals surface area contributed by atoms with Crippen LogP contribution in [-0.2, 0) is 22.7 Å². The van der Waals surface area contributed by atoms with Crippen molar-refractivity contribution >= 4 is 21.4 Å². The van der Waals surface area contributed by atoms with Gasteiger partial charge in [0.15, 0.2) is 11.6 Å². The van der Waals surface area contributed by atoms with Gasteiger partial charge in [-0.25, -0.2) is 13.5 Å². The fourth-order valence-corrected chi connectivity index (χ4v) is 5.23. The molecule has 10 heteroatoms. The number of fused-ring (bicyclic) bond motifs is 5. The normalized spacial score (nSPS) is 20.1. The Morgan fingerprint density at radius 2 is 2.09 bits per heavy atom. The standard InChI is InChI=1S/C22H25N7O2S/c1-13-6-7-17-16(8-13)14(2)31-20-9-15(11-25-22(20)24)21-18(26-29(5)19(21)10-23)12-32(30,27-17)28(3)4/h6-9,11,14H,12H2,1-5H3,(H2,24,25)/t14-,32?/m1/s1. The molecule has 0 saturated heterocycles. The summed E-state index contributed by atoms with van der Waals surface area (Å²) in [6.07, 6.45) is 1.15. The number of rotatable bonds is 1. The van der Waals surface area contributed by atoms with Crippen molar-refractivity contribution in [3.05, 3.63) is 53.0 Å². The topological polar surface area (TPSA) is 122 Å². The number of hydrogen-bond acceptors (Lipinski definition) is 7. The third-order valence-corrected chi connectivity index (χ3v) is 7.73. The fourth-order valence-electron chi connectivity index (χ4n) is 3.71. The molecule has 166 valence electrons. The lowest BCUT2D eigenvalue weighted by atomic mass is 10.0. The quantitative estimate of drug-likeness (QED) is 0.604. The summed E-state index contributed by atoms with van der Waals surface area (Å²) in [6, 6.07) is 9.68. The molecule has 3 aromatic rings. The summed E-state index contributed by atoms with van der Waals surface area (Å²) in [5.41, 5.74) is 10.5. The Hall–Kier alpha value is -3.42. The number of nitrogen functional groups attached to an aromatic ring is 1. The van der Waals surface area contributed by atoms with E-state index in [2.05, 4.69) is 16.2 Å². The molecule has 0 fully saturated rings. The van der Waals surface area contributed by atoms with E-state index < -0.39 is 16.0 Å². The van der Waals surface area contributed by atoms with Crippen LogP contribution in [0.2, 0.25) is 0 Å². The smallest absolute Gasteiger partial charge is 0.166 e. The molecule has 1 aliphatic heterocycles. The van der Waals surface area contributed by atoms with E-state index in [0.717, 1.165) is 11.1 Å². The molecule has 2 bridgehead atoms. The maximum absolute atomic E-state index is 14.1. The number of nitrogens with zero attached hydrogens (tertiary/aromatic N) is 6. The number of nitrogens with two attached hydrogens (primary N) is 1. The van der Waals surface area contributed by atoms with Crippen LogP contribution >= 0.6 is 0 Å². The van der Waals surface area contributed by atoms with Gasteiger partial charge in [-0.15, -0.1) is 0 Å². The summed E-state index contributed by atoms with van der Waals surface area (Å²) in [5, 5.41) is 14.3. The van der Waals surface area contributed by atoms with E-state index in [1.54, 1.807) is 37.7 Å². The van der Waals surface area contributed by atoms with Crippen LogP contribution in [0, 0.1) is 18.3 Å². The molecule has 4 rings (SSSR count). The van der Waals surface area contributed by atoms with Crippen molar-refractivity contribution in [2.45, 2.75) is 25.7 Å². The minimum absolute atomic E-state index is 0.0348. The van der Waals surface area contributed by atoms with E-state index in [4.69, 9.17) is 14.8 Å². The van der Waals surface area contributed by atoms with Crippen LogP contribution in [0.1, 0.15) is 35.5 Å². The number of hydrogen-bond donors (Lipinski definition) is 1. The summed E-state index contributed by atoms with van der Waals surface area (Å²) in [4.78, 5) is 4.29. The average molecular weight is 452 g/mol. The Morgan fingerprint density at radius 1 is 1.34 bits per heavy atom. The Balaban J connectivity index is 2.09. The molecular formula is C22H25N7O2S. The zero-order chi connectivity index (χ0) is 23.2. The van der Waals surface area contributed by atoms with Crippen molar-refractivity contribution in [1.82, 2.24) is 19.1 Å². The minimum atomic E-state index is -2.94. The van der Waals surface area contributed by atoms with Gasteiger partial charge in [0.1, 0.15) is 27.8 Å². The lowest BCUT2D eigenvalue weighted by molar-refractivity contribution is 0.228. The van der Waals surface area contributed by atoms with Gasteiger partial charge in [-0.3, -0.25) is 4.68 Å². The van der Waals surface area contributed by atoms with Crippen molar-refractivity contribution in [3.8, 4) is 22.9 Å². The van der Waals surface area contributed by atoms with E-state index in [1.165, 1.54) is 4.68 Å². The molecule has 2 aromatic heterocycles. The number of aryl methyl sites for hydroxylation is 2. The Bertz CT molecular complexity index is 1380. The molecule has 0 amide bonds. The molecule has 9 nitrogen and oxygen atoms in total. The van der Waals surface area contributed by atoms with Gasteiger partial charge in [-0.2, -0.15) is 14.7 Å². The number of nitriles is 1. The molecule has 32 heavy (non-hydrogen) atoms. The highest BCUT2D eigenvalue weighted by molar-refractivity contribution is 7.90. The highest BCUT2D eigenvalue weighted by Crippen LogP contribution is 2.38. The van der Waals surface area contributed by atoms with Crippen molar-refractivity contribution in [3.63, 3.8) is 0 Å². The van der Waals surface area contributed by atoms with Gasteiger partial charge in [-0.05, 0) is 26.0 Å². The van der Waals surface area contributed by atoms with Crippen LogP contribution in [0.15, 0.2) is 34.8 Å². The molecule has 0 saturated carbocycles. The van der Waals surface area contributed by atoms with E-state index in [-0.39, 0.29) is 11.6 Å². The van der Waals surface area contributed by atoms with Gasteiger partial charge in [0.25, 0.3) is 0 Å². The van der Waals surface area contributed by atoms with Crippen LogP contribution < -0.4 is 10.5 Å². The van der Waals surface area contributed by atoms with Gasteiger partial charge < -0.3 is 10.5 Å². The van der Waals surface area contributed by atoms with Gasteiger partial charge in [0, 0.05) is 44.0 Å². The number of pyridine rings is 1. The number of anilines is 1. The fraction of sp³-hybridized carbons (Fsp3) is 0.318. The van der Waals surface area contributed by atoms with Crippen LogP contribution in [0.3, 0.4) is 0 Å². The molecule has 1 aliphatic rings. The van der Waals surface area contributed by atoms with E-state index in [9.17, 15) is 9.47 Å². The van der Waals surface area contributed by atoms with Crippen LogP contribution in [-0.4, -0.2) is 37.4 Å². The largest absolute Gasteiger partial charge is 0.482 e. The lowest BCUT2D eigenvalue weighted by Gasteiger charge is -2.22. The predicted molar refractivity (Wildman–Crippen MR) is 123 cm³/mol. The summed E-state index contributed by atoms with van der Waals surface area (Å²) in [6.45, 7) is 3.87. The zero-order valence-electron chi connectivity index (χ0n) is 18.7. The number of benzene rings is 1. The first-order chi connectivity index (χ1) is 15.1. The zero-order valence-corrected chi connectivity index (χ0v) is 19.5. The third kappa shape index (κ3) is 3.70. The summed E-state index contributed by atoms with van der Waals surface area (Å²) in [5.74, 6) is 0.674. The minimum Gasteiger partial charge on any atom is -0.482 e. The highest BCUT2D eigenvalue weighted by atomic mass is 32.2. The summed E-state index contributed by atoms with van der Waals surface area (Å²) < 4.78 is 28.1. The first-order valence-corrected chi connectivity index (χ1v) is 11.7. The first-order valence-electron chi connectivity index (χ1n) is 10.0. The second-order valence-corrected chi connectivity index (χ2v) is 10.4. The summed E-state index contributed by atoms with van der Waals surface area (Å²) >= 11 is 0. The maximum atomic E-state index is 14.1. The molecule has 2 N–H and O–H groups in total. The maximum Gasteiger partial charge on any atom is 0.166 e. The molecular weight excluding hydrogens is 426 g/mol. The van der Waals surface area contributed by atoms with Crippen molar-refractivity contribution in [1.29, 1.82) is 5.26 Å². The Morgan fingerprint density at radius 3 is 2.78 bits per heavy atom. The molecule has 1 unspecified atom stereocenters. The highest BCUT2D eigenvalue weighted by Gasteiger charge is 2.26. The second-order valence-electron chi connectivity index (χ2n) is 7.99. The van der Waals surface area contributed by atoms with Gasteiger partial charge in [-0.1, -0.05) is 17.7 Å². The first kappa shape index (κ1) is 21.8. The Kier molecular flexibility index (Phi) is 5.40. The van der Waals surface area contributed by atoms with Crippen LogP contribution in [0.5, 0.6) is 5.75 Å². The number of ether oxygens (including phenoxy) is 1. The second kappa shape index (κ2) is 7.93. The SMILES string of the molecule is Cc1ccc2c(c1)[C@@H](C)Oc1cc(cnc1N)-c1c(nn(C)c1C#N)CS(=O)(N(C)C)=N2. The molecule has 0 aliphatic carbocycles. The van der Waals surface area contributed by atoms with Gasteiger partial charge >= 0.3 is 0 Å². The van der Waals surface area contributed by atoms with E-state index in [1.807, 2.05) is 32.0 Å². The monoisotopic (exact) mass is 451 g/mol. The number of aromatic nitrogens is 3. The Labute approximate surface area is 187 Å². The van der Waals surface area contributed by atoms with Crippen LogP contribution in [0.4, 0.5) is 11.5 Å². The molecule has 0 radical (unpaired) electrons. The predicted octanol–water partition coefficient (Wildman–Crippen LogP) is 3.47. The lowest BCUT2D eigenvalue weighted by Crippen LogP contribution is -2.24. The molecule has 3 heterocycles. The molecule has 2 atom stereocenters. The molecule has 1 aromatic carbocycles.